The van der Waals surface area contributed by atoms with E-state index in [1.165, 1.54) is 7.11 Å². The Hall–Kier alpha value is -3.96. The second-order valence-electron chi connectivity index (χ2n) is 9.60. The largest absolute Gasteiger partial charge is 0.478 e. The van der Waals surface area contributed by atoms with Gasteiger partial charge in [-0.25, -0.2) is 9.97 Å². The molecule has 2 atom stereocenters. The van der Waals surface area contributed by atoms with Crippen LogP contribution in [0.4, 0.5) is 11.5 Å². The number of imidazole rings is 1. The Kier molecular flexibility index (Phi) is 7.30. The van der Waals surface area contributed by atoms with Gasteiger partial charge < -0.3 is 29.7 Å². The maximum absolute atomic E-state index is 13.6. The fourth-order valence-electron chi connectivity index (χ4n) is 4.95. The third-order valence-corrected chi connectivity index (χ3v) is 6.45. The molecule has 0 bridgehead atoms. The van der Waals surface area contributed by atoms with Crippen LogP contribution < -0.4 is 25.0 Å². The van der Waals surface area contributed by atoms with E-state index in [4.69, 9.17) is 19.2 Å². The third kappa shape index (κ3) is 5.20. The number of nitrogens with zero attached hydrogens (tertiary/aromatic N) is 5. The van der Waals surface area contributed by atoms with Crippen LogP contribution in [0.25, 0.3) is 16.6 Å². The van der Waals surface area contributed by atoms with Crippen LogP contribution in [0.2, 0.25) is 0 Å². The van der Waals surface area contributed by atoms with Crippen molar-refractivity contribution in [1.82, 2.24) is 24.7 Å². The van der Waals surface area contributed by atoms with Crippen LogP contribution in [-0.2, 0) is 4.74 Å². The minimum absolute atomic E-state index is 0.324. The molecule has 5 rings (SSSR count). The number of benzene rings is 1. The molecule has 4 aromatic rings. The fraction of sp³-hybridized carbons (Fsp3) is 0.407. The van der Waals surface area contributed by atoms with Gasteiger partial charge in [-0.1, -0.05) is 0 Å². The fourth-order valence-corrected chi connectivity index (χ4v) is 4.95. The van der Waals surface area contributed by atoms with Crippen molar-refractivity contribution in [1.29, 1.82) is 0 Å². The topological polar surface area (TPSA) is 115 Å². The van der Waals surface area contributed by atoms with Crippen LogP contribution in [0, 0.1) is 6.92 Å². The molecule has 11 heteroatoms. The summed E-state index contributed by atoms with van der Waals surface area (Å²) in [6.45, 7) is 8.73. The standard InChI is InChI=1S/C27H33N7O4/c1-16-12-33(13-17(2)28-16)21-8-6-20(24-19(21)7-9-23(32-24)38-11-10-36-4)26(35)30-22-15-34-14-18(3)29-25(34)27(31-22)37-5/h6-9,14-17,28H,10-13H2,1-5H3,(H,30,35). The van der Waals surface area contributed by atoms with Crippen molar-refractivity contribution in [2.45, 2.75) is 32.9 Å². The first-order valence-electron chi connectivity index (χ1n) is 12.6. The smallest absolute Gasteiger partial charge is 0.260 e. The molecular weight excluding hydrogens is 486 g/mol. The van der Waals surface area contributed by atoms with Crippen molar-refractivity contribution in [3.05, 3.63) is 47.9 Å². The number of hydrogen-bond acceptors (Lipinski definition) is 9. The molecule has 4 heterocycles. The predicted octanol–water partition coefficient (Wildman–Crippen LogP) is 3.06. The van der Waals surface area contributed by atoms with E-state index in [-0.39, 0.29) is 5.91 Å². The molecule has 1 saturated heterocycles. The Morgan fingerprint density at radius 3 is 2.58 bits per heavy atom. The molecule has 3 aromatic heterocycles. The number of aryl methyl sites for hydroxylation is 1. The van der Waals surface area contributed by atoms with E-state index in [2.05, 4.69) is 39.3 Å². The molecule has 2 unspecified atom stereocenters. The highest BCUT2D eigenvalue weighted by Gasteiger charge is 2.25. The summed E-state index contributed by atoms with van der Waals surface area (Å²) in [4.78, 5) is 29.5. The van der Waals surface area contributed by atoms with E-state index in [1.807, 2.05) is 37.4 Å². The normalized spacial score (nSPS) is 17.7. The van der Waals surface area contributed by atoms with Gasteiger partial charge in [0, 0.05) is 55.6 Å². The molecule has 0 radical (unpaired) electrons. The summed E-state index contributed by atoms with van der Waals surface area (Å²) in [5.74, 6) is 0.755. The summed E-state index contributed by atoms with van der Waals surface area (Å²) in [6, 6.07) is 8.28. The van der Waals surface area contributed by atoms with Crippen LogP contribution in [0.3, 0.4) is 0 Å². The summed E-state index contributed by atoms with van der Waals surface area (Å²) in [6.07, 6.45) is 3.56. The minimum Gasteiger partial charge on any atom is -0.478 e. The van der Waals surface area contributed by atoms with Crippen LogP contribution in [-0.4, -0.2) is 77.9 Å². The number of hydrogen-bond donors (Lipinski definition) is 2. The van der Waals surface area contributed by atoms with Crippen molar-refractivity contribution in [2.75, 3.05) is 50.7 Å². The van der Waals surface area contributed by atoms with E-state index in [1.54, 1.807) is 17.7 Å². The first-order valence-corrected chi connectivity index (χ1v) is 12.6. The van der Waals surface area contributed by atoms with Gasteiger partial charge in [-0.3, -0.25) is 9.20 Å². The minimum atomic E-state index is -0.337. The van der Waals surface area contributed by atoms with E-state index in [0.717, 1.165) is 29.9 Å². The Morgan fingerprint density at radius 2 is 1.84 bits per heavy atom. The predicted molar refractivity (Wildman–Crippen MR) is 146 cm³/mol. The Labute approximate surface area is 221 Å². The molecule has 38 heavy (non-hydrogen) atoms. The number of amides is 1. The van der Waals surface area contributed by atoms with Gasteiger partial charge in [0.25, 0.3) is 11.8 Å². The Bertz CT molecular complexity index is 1460. The molecule has 1 aliphatic rings. The number of piperazine rings is 1. The number of pyridine rings is 1. The molecule has 0 saturated carbocycles. The second kappa shape index (κ2) is 10.8. The second-order valence-corrected chi connectivity index (χ2v) is 9.60. The number of carbonyl (C=O) groups is 1. The lowest BCUT2D eigenvalue weighted by molar-refractivity contribution is 0.102. The molecule has 0 spiro atoms. The van der Waals surface area contributed by atoms with Crippen molar-refractivity contribution in [2.24, 2.45) is 0 Å². The van der Waals surface area contributed by atoms with Gasteiger partial charge in [0.1, 0.15) is 6.61 Å². The van der Waals surface area contributed by atoms with Gasteiger partial charge in [-0.05, 0) is 39.0 Å². The average Bonchev–Trinajstić information content (AvgIpc) is 3.27. The van der Waals surface area contributed by atoms with Crippen molar-refractivity contribution < 1.29 is 19.0 Å². The van der Waals surface area contributed by atoms with Crippen LogP contribution in [0.1, 0.15) is 29.9 Å². The number of nitrogens with one attached hydrogen (secondary N) is 2. The van der Waals surface area contributed by atoms with Crippen molar-refractivity contribution in [3.63, 3.8) is 0 Å². The summed E-state index contributed by atoms with van der Waals surface area (Å²) in [7, 11) is 3.14. The number of anilines is 2. The zero-order valence-corrected chi connectivity index (χ0v) is 22.3. The number of aromatic nitrogens is 4. The summed E-state index contributed by atoms with van der Waals surface area (Å²) < 4.78 is 18.1. The molecule has 1 aliphatic heterocycles. The highest BCUT2D eigenvalue weighted by atomic mass is 16.5. The number of ether oxygens (including phenoxy) is 3. The maximum Gasteiger partial charge on any atom is 0.260 e. The lowest BCUT2D eigenvalue weighted by atomic mass is 10.0. The molecule has 2 N–H and O–H groups in total. The summed E-state index contributed by atoms with van der Waals surface area (Å²) in [5, 5.41) is 7.36. The molecular formula is C27H33N7O4. The monoisotopic (exact) mass is 519 g/mol. The number of carbonyl (C=O) groups excluding carboxylic acids is 1. The Morgan fingerprint density at radius 1 is 1.05 bits per heavy atom. The van der Waals surface area contributed by atoms with Gasteiger partial charge in [0.05, 0.1) is 36.7 Å². The quantitative estimate of drug-likeness (QED) is 0.339. The SMILES string of the molecule is COCCOc1ccc2c(N3CC(C)NC(C)C3)ccc(C(=O)Nc3cn4cc(C)nc4c(OC)n3)c2n1. The number of methoxy groups -OCH3 is 2. The first-order chi connectivity index (χ1) is 18.4. The highest BCUT2D eigenvalue weighted by molar-refractivity contribution is 6.13. The van der Waals surface area contributed by atoms with Gasteiger partial charge in [0.2, 0.25) is 11.5 Å². The lowest BCUT2D eigenvalue weighted by Gasteiger charge is -2.38. The lowest BCUT2D eigenvalue weighted by Crippen LogP contribution is -2.54. The third-order valence-electron chi connectivity index (χ3n) is 6.45. The summed E-state index contributed by atoms with van der Waals surface area (Å²) in [5.41, 5.74) is 3.40. The van der Waals surface area contributed by atoms with E-state index in [0.29, 0.717) is 59.6 Å². The van der Waals surface area contributed by atoms with Crippen molar-refractivity contribution >= 4 is 34.0 Å². The average molecular weight is 520 g/mol. The van der Waals surface area contributed by atoms with Gasteiger partial charge >= 0.3 is 0 Å². The zero-order valence-electron chi connectivity index (χ0n) is 22.3. The summed E-state index contributed by atoms with van der Waals surface area (Å²) >= 11 is 0. The van der Waals surface area contributed by atoms with Crippen LogP contribution in [0.5, 0.6) is 11.8 Å². The highest BCUT2D eigenvalue weighted by Crippen LogP contribution is 2.32. The number of fused-ring (bicyclic) bond motifs is 2. The van der Waals surface area contributed by atoms with Crippen LogP contribution in [0.15, 0.2) is 36.7 Å². The molecule has 1 amide bonds. The number of rotatable bonds is 8. The van der Waals surface area contributed by atoms with Crippen molar-refractivity contribution in [3.8, 4) is 11.8 Å². The molecule has 1 aromatic carbocycles. The van der Waals surface area contributed by atoms with Gasteiger partial charge in [-0.2, -0.15) is 4.98 Å². The van der Waals surface area contributed by atoms with E-state index < -0.39 is 0 Å². The van der Waals surface area contributed by atoms with Gasteiger partial charge in [0.15, 0.2) is 5.82 Å². The van der Waals surface area contributed by atoms with E-state index in [9.17, 15) is 4.79 Å². The zero-order chi connectivity index (χ0) is 26.8. The van der Waals surface area contributed by atoms with Gasteiger partial charge in [-0.15, -0.1) is 0 Å². The Balaban J connectivity index is 1.53. The van der Waals surface area contributed by atoms with Crippen LogP contribution >= 0.6 is 0 Å². The molecule has 0 aliphatic carbocycles. The maximum atomic E-state index is 13.6. The first kappa shape index (κ1) is 25.7. The molecule has 1 fully saturated rings. The van der Waals surface area contributed by atoms with E-state index >= 15 is 0 Å². The molecule has 11 nitrogen and oxygen atoms in total. The molecule has 200 valence electrons.